The van der Waals surface area contributed by atoms with Crippen LogP contribution in [0.15, 0.2) is 30.3 Å². The lowest BCUT2D eigenvalue weighted by atomic mass is 9.90. The van der Waals surface area contributed by atoms with E-state index in [1.54, 1.807) is 0 Å². The molecule has 0 fully saturated rings. The third-order valence-corrected chi connectivity index (χ3v) is 3.03. The van der Waals surface area contributed by atoms with E-state index in [-0.39, 0.29) is 5.92 Å². The Balaban J connectivity index is 2.61. The Morgan fingerprint density at radius 2 is 1.80 bits per heavy atom. The molecular weight excluding hydrogens is 184 g/mol. The molecule has 0 bridgehead atoms. The maximum absolute atomic E-state index is 11.9. The molecule has 0 aliphatic carbocycles. The van der Waals surface area contributed by atoms with Crippen LogP contribution in [0, 0.1) is 5.92 Å². The summed E-state index contributed by atoms with van der Waals surface area (Å²) in [6.45, 7) is 6.26. The summed E-state index contributed by atoms with van der Waals surface area (Å²) in [7, 11) is 0. The van der Waals surface area contributed by atoms with Crippen molar-refractivity contribution in [2.45, 2.75) is 39.5 Å². The first kappa shape index (κ1) is 12.0. The number of carbonyl (C=O) groups is 1. The number of ketones is 1. The first-order valence-electron chi connectivity index (χ1n) is 5.72. The average Bonchev–Trinajstić information content (AvgIpc) is 2.29. The van der Waals surface area contributed by atoms with Gasteiger partial charge in [0, 0.05) is 12.3 Å². The summed E-state index contributed by atoms with van der Waals surface area (Å²) < 4.78 is 0. The van der Waals surface area contributed by atoms with Crippen LogP contribution in [0.1, 0.15) is 45.1 Å². The van der Waals surface area contributed by atoms with Crippen LogP contribution < -0.4 is 0 Å². The molecule has 0 amide bonds. The van der Waals surface area contributed by atoms with Crippen LogP contribution in [0.4, 0.5) is 0 Å². The number of rotatable bonds is 5. The molecule has 2 unspecified atom stereocenters. The van der Waals surface area contributed by atoms with E-state index in [9.17, 15) is 4.79 Å². The van der Waals surface area contributed by atoms with Crippen LogP contribution in [0.3, 0.4) is 0 Å². The summed E-state index contributed by atoms with van der Waals surface area (Å²) >= 11 is 0. The Bertz CT molecular complexity index is 302. The summed E-state index contributed by atoms with van der Waals surface area (Å²) in [5, 5.41) is 0. The second kappa shape index (κ2) is 5.69. The highest BCUT2D eigenvalue weighted by atomic mass is 16.1. The van der Waals surface area contributed by atoms with Gasteiger partial charge in [0.15, 0.2) is 0 Å². The first-order valence-corrected chi connectivity index (χ1v) is 5.72. The van der Waals surface area contributed by atoms with Gasteiger partial charge in [-0.15, -0.1) is 0 Å². The Hall–Kier alpha value is -1.11. The maximum atomic E-state index is 11.9. The molecule has 0 saturated carbocycles. The largest absolute Gasteiger partial charge is 0.299 e. The number of hydrogen-bond acceptors (Lipinski definition) is 1. The molecule has 82 valence electrons. The van der Waals surface area contributed by atoms with Gasteiger partial charge in [0.05, 0.1) is 0 Å². The van der Waals surface area contributed by atoms with Gasteiger partial charge in [0.1, 0.15) is 5.78 Å². The van der Waals surface area contributed by atoms with Crippen molar-refractivity contribution in [3.8, 4) is 0 Å². The van der Waals surface area contributed by atoms with Crippen LogP contribution in [-0.2, 0) is 4.79 Å². The van der Waals surface area contributed by atoms with E-state index >= 15 is 0 Å². The molecular formula is C14H20O. The van der Waals surface area contributed by atoms with Crippen LogP contribution in [0.2, 0.25) is 0 Å². The average molecular weight is 204 g/mol. The van der Waals surface area contributed by atoms with E-state index in [0.717, 1.165) is 12.0 Å². The fourth-order valence-corrected chi connectivity index (χ4v) is 1.59. The van der Waals surface area contributed by atoms with E-state index in [1.165, 1.54) is 0 Å². The monoisotopic (exact) mass is 204 g/mol. The third-order valence-electron chi connectivity index (χ3n) is 3.03. The second-order valence-electron chi connectivity index (χ2n) is 4.32. The molecule has 1 nitrogen and oxygen atoms in total. The summed E-state index contributed by atoms with van der Waals surface area (Å²) in [4.78, 5) is 11.9. The molecule has 0 radical (unpaired) electrons. The molecule has 2 atom stereocenters. The van der Waals surface area contributed by atoms with Gasteiger partial charge < -0.3 is 0 Å². The second-order valence-corrected chi connectivity index (χ2v) is 4.32. The predicted molar refractivity (Wildman–Crippen MR) is 63.9 cm³/mol. The van der Waals surface area contributed by atoms with Crippen LogP contribution >= 0.6 is 0 Å². The maximum Gasteiger partial charge on any atom is 0.140 e. The summed E-state index contributed by atoms with van der Waals surface area (Å²) in [6.07, 6.45) is 1.78. The van der Waals surface area contributed by atoms with Crippen molar-refractivity contribution in [3.63, 3.8) is 0 Å². The molecule has 1 aromatic rings. The van der Waals surface area contributed by atoms with Gasteiger partial charge >= 0.3 is 0 Å². The van der Waals surface area contributed by atoms with Crippen molar-refractivity contribution in [3.05, 3.63) is 35.9 Å². The lowest BCUT2D eigenvalue weighted by Gasteiger charge is -2.13. The van der Waals surface area contributed by atoms with Crippen molar-refractivity contribution in [2.75, 3.05) is 0 Å². The van der Waals surface area contributed by atoms with E-state index in [4.69, 9.17) is 0 Å². The summed E-state index contributed by atoms with van der Waals surface area (Å²) in [5.74, 6) is 0.902. The number of Topliss-reactive ketones (excluding diaryl/α,β-unsaturated/α-hetero) is 1. The van der Waals surface area contributed by atoms with Gasteiger partial charge in [-0.25, -0.2) is 0 Å². The number of hydrogen-bond donors (Lipinski definition) is 0. The molecule has 0 saturated heterocycles. The summed E-state index contributed by atoms with van der Waals surface area (Å²) in [5.41, 5.74) is 1.13. The molecule has 0 aliphatic heterocycles. The minimum absolute atomic E-state index is 0.0419. The normalized spacial score (nSPS) is 14.6. The quantitative estimate of drug-likeness (QED) is 0.713. The highest BCUT2D eigenvalue weighted by molar-refractivity contribution is 5.85. The van der Waals surface area contributed by atoms with Gasteiger partial charge in [-0.3, -0.25) is 4.79 Å². The van der Waals surface area contributed by atoms with E-state index in [2.05, 4.69) is 13.8 Å². The fourth-order valence-electron chi connectivity index (χ4n) is 1.59. The highest BCUT2D eigenvalue weighted by Crippen LogP contribution is 2.20. The zero-order valence-electron chi connectivity index (χ0n) is 9.86. The van der Waals surface area contributed by atoms with Crippen molar-refractivity contribution in [1.82, 2.24) is 0 Å². The Kier molecular flexibility index (Phi) is 4.54. The van der Waals surface area contributed by atoms with Crippen molar-refractivity contribution < 1.29 is 4.79 Å². The van der Waals surface area contributed by atoms with Crippen molar-refractivity contribution in [2.24, 2.45) is 5.92 Å². The van der Waals surface area contributed by atoms with Gasteiger partial charge in [0.25, 0.3) is 0 Å². The van der Waals surface area contributed by atoms with Gasteiger partial charge in [-0.05, 0) is 11.5 Å². The minimum Gasteiger partial charge on any atom is -0.299 e. The molecule has 0 aromatic heterocycles. The molecule has 15 heavy (non-hydrogen) atoms. The molecule has 1 heteroatoms. The number of carbonyl (C=O) groups excluding carboxylic acids is 1. The third kappa shape index (κ3) is 3.50. The van der Waals surface area contributed by atoms with Crippen LogP contribution in [-0.4, -0.2) is 5.78 Å². The van der Waals surface area contributed by atoms with Gasteiger partial charge in [-0.1, -0.05) is 57.5 Å². The standard InChI is InChI=1S/C14H20O/c1-4-11(2)10-14(15)12(3)13-8-6-5-7-9-13/h5-9,11-12H,4,10H2,1-3H3. The van der Waals surface area contributed by atoms with Crippen LogP contribution in [0.25, 0.3) is 0 Å². The van der Waals surface area contributed by atoms with E-state index in [0.29, 0.717) is 18.1 Å². The zero-order chi connectivity index (χ0) is 11.3. The van der Waals surface area contributed by atoms with Crippen molar-refractivity contribution >= 4 is 5.78 Å². The topological polar surface area (TPSA) is 17.1 Å². The summed E-state index contributed by atoms with van der Waals surface area (Å²) in [6, 6.07) is 10.0. The molecule has 1 rings (SSSR count). The zero-order valence-corrected chi connectivity index (χ0v) is 9.86. The number of benzene rings is 1. The van der Waals surface area contributed by atoms with Gasteiger partial charge in [0.2, 0.25) is 0 Å². The molecule has 0 aliphatic rings. The SMILES string of the molecule is CCC(C)CC(=O)C(C)c1ccccc1. The Morgan fingerprint density at radius 1 is 1.20 bits per heavy atom. The molecule has 0 spiro atoms. The highest BCUT2D eigenvalue weighted by Gasteiger charge is 2.16. The van der Waals surface area contributed by atoms with E-state index < -0.39 is 0 Å². The van der Waals surface area contributed by atoms with E-state index in [1.807, 2.05) is 37.3 Å². The lowest BCUT2D eigenvalue weighted by molar-refractivity contribution is -0.121. The molecule has 0 heterocycles. The molecule has 0 N–H and O–H groups in total. The molecule has 1 aromatic carbocycles. The Morgan fingerprint density at radius 3 is 2.33 bits per heavy atom. The lowest BCUT2D eigenvalue weighted by Crippen LogP contribution is -2.12. The predicted octanol–water partition coefficient (Wildman–Crippen LogP) is 3.80. The van der Waals surface area contributed by atoms with Crippen LogP contribution in [0.5, 0.6) is 0 Å². The smallest absolute Gasteiger partial charge is 0.140 e. The Labute approximate surface area is 92.5 Å². The van der Waals surface area contributed by atoms with Crippen molar-refractivity contribution in [1.29, 1.82) is 0 Å². The van der Waals surface area contributed by atoms with Gasteiger partial charge in [-0.2, -0.15) is 0 Å². The minimum atomic E-state index is 0.0419. The first-order chi connectivity index (χ1) is 7.15. The fraction of sp³-hybridized carbons (Fsp3) is 0.500.